The van der Waals surface area contributed by atoms with Gasteiger partial charge >= 0.3 is 190 Å². The second-order valence-corrected chi connectivity index (χ2v) is 21.7. The molecule has 0 amide bonds. The van der Waals surface area contributed by atoms with Crippen LogP contribution in [0.25, 0.3) is 22.3 Å². The SMILES string of the molecule is C=CC1c2ccccc2-c2ccc[c]([Sn]([CH3])([CH3])[c]3cccc4c3Cc3ccccc3-4)c21. The summed E-state index contributed by atoms with van der Waals surface area (Å²) in [5.41, 5.74) is 11.7. The Balaban J connectivity index is 1.56. The van der Waals surface area contributed by atoms with E-state index in [4.69, 9.17) is 0 Å². The summed E-state index contributed by atoms with van der Waals surface area (Å²) in [6.07, 6.45) is 3.23. The Hall–Kier alpha value is -2.58. The molecule has 0 nitrogen and oxygen atoms in total. The van der Waals surface area contributed by atoms with E-state index in [1.54, 1.807) is 12.7 Å². The van der Waals surface area contributed by atoms with E-state index in [1.807, 2.05) is 0 Å². The fraction of sp³-hybridized carbons (Fsp3) is 0.133. The molecule has 4 aromatic carbocycles. The minimum atomic E-state index is -2.90. The van der Waals surface area contributed by atoms with Gasteiger partial charge in [0.1, 0.15) is 0 Å². The summed E-state index contributed by atoms with van der Waals surface area (Å²) in [7, 11) is 0. The average molecular weight is 505 g/mol. The third-order valence-corrected chi connectivity index (χ3v) is 17.7. The molecule has 6 rings (SSSR count). The van der Waals surface area contributed by atoms with Crippen molar-refractivity contribution in [2.24, 2.45) is 0 Å². The van der Waals surface area contributed by atoms with Gasteiger partial charge in [0.05, 0.1) is 0 Å². The third kappa shape index (κ3) is 2.67. The molecule has 0 heterocycles. The molecule has 2 aliphatic rings. The van der Waals surface area contributed by atoms with E-state index in [0.717, 1.165) is 6.42 Å². The second-order valence-electron chi connectivity index (χ2n) is 9.36. The molecule has 0 N–H and O–H groups in total. The van der Waals surface area contributed by atoms with E-state index < -0.39 is 18.4 Å². The molecule has 1 heteroatoms. The van der Waals surface area contributed by atoms with Gasteiger partial charge in [-0.05, 0) is 0 Å². The first kappa shape index (κ1) is 19.1. The molecule has 0 aliphatic heterocycles. The van der Waals surface area contributed by atoms with Gasteiger partial charge in [-0.1, -0.05) is 0 Å². The third-order valence-electron chi connectivity index (χ3n) is 7.44. The topological polar surface area (TPSA) is 0 Å². The van der Waals surface area contributed by atoms with E-state index in [2.05, 4.69) is 107 Å². The molecule has 0 saturated carbocycles. The molecule has 0 bridgehead atoms. The quantitative estimate of drug-likeness (QED) is 0.197. The van der Waals surface area contributed by atoms with E-state index >= 15 is 0 Å². The van der Waals surface area contributed by atoms with Crippen LogP contribution in [0.1, 0.15) is 28.2 Å². The van der Waals surface area contributed by atoms with E-state index in [-0.39, 0.29) is 0 Å². The van der Waals surface area contributed by atoms with Crippen LogP contribution in [0.4, 0.5) is 0 Å². The average Bonchev–Trinajstić information content (AvgIpc) is 3.34. The van der Waals surface area contributed by atoms with Gasteiger partial charge in [0.25, 0.3) is 0 Å². The summed E-state index contributed by atoms with van der Waals surface area (Å²) < 4.78 is 3.27. The first-order valence-corrected chi connectivity index (χ1v) is 19.7. The zero-order valence-electron chi connectivity index (χ0n) is 18.2. The number of hydrogen-bond acceptors (Lipinski definition) is 0. The number of rotatable bonds is 3. The Bertz CT molecular complexity index is 1360. The first-order valence-electron chi connectivity index (χ1n) is 11.2. The van der Waals surface area contributed by atoms with Crippen LogP contribution in [0.2, 0.25) is 9.88 Å². The number of benzene rings is 4. The van der Waals surface area contributed by atoms with Crippen molar-refractivity contribution in [1.29, 1.82) is 0 Å². The Morgan fingerprint density at radius 1 is 0.710 bits per heavy atom. The van der Waals surface area contributed by atoms with Gasteiger partial charge in [0.2, 0.25) is 0 Å². The molecule has 2 aliphatic carbocycles. The molecule has 1 unspecified atom stereocenters. The number of allylic oxidation sites excluding steroid dienone is 1. The maximum atomic E-state index is 4.24. The van der Waals surface area contributed by atoms with Gasteiger partial charge in [-0.3, -0.25) is 0 Å². The summed E-state index contributed by atoms with van der Waals surface area (Å²) in [6.45, 7) is 4.24. The predicted molar refractivity (Wildman–Crippen MR) is 135 cm³/mol. The van der Waals surface area contributed by atoms with Crippen molar-refractivity contribution in [3.63, 3.8) is 0 Å². The summed E-state index contributed by atoms with van der Waals surface area (Å²) in [4.78, 5) is 5.21. The molecule has 0 fully saturated rings. The fourth-order valence-electron chi connectivity index (χ4n) is 5.98. The Labute approximate surface area is 189 Å². The normalized spacial score (nSPS) is 15.7. The Morgan fingerprint density at radius 2 is 1.35 bits per heavy atom. The van der Waals surface area contributed by atoms with Crippen LogP contribution in [0.3, 0.4) is 0 Å². The van der Waals surface area contributed by atoms with Crippen LogP contribution < -0.4 is 7.16 Å². The van der Waals surface area contributed by atoms with Crippen LogP contribution >= 0.6 is 0 Å². The molecule has 1 atom stereocenters. The van der Waals surface area contributed by atoms with Crippen molar-refractivity contribution in [2.45, 2.75) is 22.2 Å². The van der Waals surface area contributed by atoms with Crippen LogP contribution in [-0.2, 0) is 6.42 Å². The van der Waals surface area contributed by atoms with Crippen molar-refractivity contribution >= 4 is 25.5 Å². The zero-order valence-corrected chi connectivity index (χ0v) is 21.0. The summed E-state index contributed by atoms with van der Waals surface area (Å²) in [5, 5.41) is 0. The number of fused-ring (bicyclic) bond motifs is 6. The standard InChI is InChI=1S/C15H11.C13H9.2CH3.Sn/c1-2-11-12-7-3-5-9-14(12)15-10-6-4-8-13(11)15;1-3-7-12-10(5-1)9-11-6-2-4-8-13(11)12;;;/h2-7,9-11H,1H2;1-5,7-8H,9H2;2*1H3;. The molecule has 4 aromatic rings. The van der Waals surface area contributed by atoms with Crippen LogP contribution in [0.5, 0.6) is 0 Å². The summed E-state index contributed by atoms with van der Waals surface area (Å²) in [5.74, 6) is 0.298. The second kappa shape index (κ2) is 6.96. The maximum absolute atomic E-state index is 4.24. The molecule has 0 aromatic heterocycles. The minimum absolute atomic E-state index is 0.298. The molecule has 0 spiro atoms. The Morgan fingerprint density at radius 3 is 2.16 bits per heavy atom. The first-order chi connectivity index (χ1) is 15.1. The van der Waals surface area contributed by atoms with Crippen LogP contribution in [-0.4, -0.2) is 18.4 Å². The van der Waals surface area contributed by atoms with Gasteiger partial charge in [0.15, 0.2) is 0 Å². The zero-order chi connectivity index (χ0) is 21.2. The molecule has 31 heavy (non-hydrogen) atoms. The number of hydrogen-bond donors (Lipinski definition) is 0. The van der Waals surface area contributed by atoms with E-state index in [0.29, 0.717) is 5.92 Å². The van der Waals surface area contributed by atoms with Crippen molar-refractivity contribution < 1.29 is 0 Å². The van der Waals surface area contributed by atoms with E-state index in [1.165, 1.54) is 38.9 Å². The summed E-state index contributed by atoms with van der Waals surface area (Å²) >= 11 is -2.90. The van der Waals surface area contributed by atoms with Crippen molar-refractivity contribution in [1.82, 2.24) is 0 Å². The molecular weight excluding hydrogens is 479 g/mol. The Kier molecular flexibility index (Phi) is 4.30. The van der Waals surface area contributed by atoms with Crippen molar-refractivity contribution in [2.75, 3.05) is 0 Å². The predicted octanol–water partition coefficient (Wildman–Crippen LogP) is 6.38. The molecule has 150 valence electrons. The van der Waals surface area contributed by atoms with Gasteiger partial charge < -0.3 is 0 Å². The van der Waals surface area contributed by atoms with Crippen LogP contribution in [0.15, 0.2) is 97.6 Å². The van der Waals surface area contributed by atoms with Crippen LogP contribution in [0, 0.1) is 0 Å². The summed E-state index contributed by atoms with van der Waals surface area (Å²) in [6, 6.07) is 31.9. The van der Waals surface area contributed by atoms with Crippen molar-refractivity contribution in [3.8, 4) is 22.3 Å². The van der Waals surface area contributed by atoms with Gasteiger partial charge in [-0.15, -0.1) is 0 Å². The fourth-order valence-corrected chi connectivity index (χ4v) is 15.3. The molecular formula is C30H26Sn. The van der Waals surface area contributed by atoms with Gasteiger partial charge in [-0.2, -0.15) is 0 Å². The van der Waals surface area contributed by atoms with E-state index in [9.17, 15) is 0 Å². The van der Waals surface area contributed by atoms with Gasteiger partial charge in [0, 0.05) is 0 Å². The monoisotopic (exact) mass is 506 g/mol. The van der Waals surface area contributed by atoms with Crippen molar-refractivity contribution in [3.05, 3.63) is 120 Å². The molecule has 0 radical (unpaired) electrons. The molecule has 0 saturated heterocycles. The van der Waals surface area contributed by atoms with Gasteiger partial charge in [-0.25, -0.2) is 0 Å².